The van der Waals surface area contributed by atoms with E-state index < -0.39 is 15.1 Å². The Labute approximate surface area is 156 Å². The highest BCUT2D eigenvalue weighted by Crippen LogP contribution is 2.33. The fourth-order valence-corrected chi connectivity index (χ4v) is 7.06. The molecular formula is C17H22N2O3S3. The minimum atomic E-state index is -3.52. The van der Waals surface area contributed by atoms with Gasteiger partial charge in [-0.05, 0) is 35.7 Å². The van der Waals surface area contributed by atoms with E-state index in [9.17, 15) is 13.2 Å². The SMILES string of the molecule is O=C(NC[C@@H](c1cccs1)S(=O)(=O)c1cccs1)NC1CCCCC1. The zero-order valence-electron chi connectivity index (χ0n) is 13.8. The Bertz CT molecular complexity index is 764. The number of amides is 2. The van der Waals surface area contributed by atoms with Crippen LogP contribution >= 0.6 is 22.7 Å². The fraction of sp³-hybridized carbons (Fsp3) is 0.471. The lowest BCUT2D eigenvalue weighted by Gasteiger charge is -2.23. The molecule has 1 aliphatic rings. The Hall–Kier alpha value is -1.38. The quantitative estimate of drug-likeness (QED) is 0.773. The maximum absolute atomic E-state index is 12.9. The molecule has 2 heterocycles. The zero-order valence-corrected chi connectivity index (χ0v) is 16.3. The molecule has 0 spiro atoms. The lowest BCUT2D eigenvalue weighted by Crippen LogP contribution is -2.44. The first-order chi connectivity index (χ1) is 12.1. The van der Waals surface area contributed by atoms with E-state index >= 15 is 0 Å². The molecule has 1 saturated carbocycles. The molecular weight excluding hydrogens is 376 g/mol. The van der Waals surface area contributed by atoms with Gasteiger partial charge in [0.25, 0.3) is 0 Å². The Morgan fingerprint density at radius 1 is 1.12 bits per heavy atom. The molecule has 0 radical (unpaired) electrons. The molecule has 1 aliphatic carbocycles. The molecule has 0 unspecified atom stereocenters. The van der Waals surface area contributed by atoms with Crippen molar-refractivity contribution < 1.29 is 13.2 Å². The second-order valence-corrected chi connectivity index (χ2v) is 10.5. The molecule has 2 aromatic rings. The van der Waals surface area contributed by atoms with Gasteiger partial charge in [-0.25, -0.2) is 13.2 Å². The third-order valence-electron chi connectivity index (χ3n) is 4.40. The number of sulfone groups is 1. The van der Waals surface area contributed by atoms with Crippen molar-refractivity contribution in [1.29, 1.82) is 0 Å². The van der Waals surface area contributed by atoms with Crippen LogP contribution in [0.2, 0.25) is 0 Å². The van der Waals surface area contributed by atoms with Gasteiger partial charge in [0.15, 0.2) is 9.84 Å². The van der Waals surface area contributed by atoms with Crippen molar-refractivity contribution in [2.45, 2.75) is 47.6 Å². The number of hydrogen-bond donors (Lipinski definition) is 2. The number of thiophene rings is 2. The van der Waals surface area contributed by atoms with Crippen molar-refractivity contribution in [1.82, 2.24) is 10.6 Å². The summed E-state index contributed by atoms with van der Waals surface area (Å²) in [5.74, 6) is 0. The topological polar surface area (TPSA) is 75.3 Å². The largest absolute Gasteiger partial charge is 0.336 e. The highest BCUT2D eigenvalue weighted by atomic mass is 32.2. The van der Waals surface area contributed by atoms with Gasteiger partial charge in [0.1, 0.15) is 9.46 Å². The summed E-state index contributed by atoms with van der Waals surface area (Å²) in [5.41, 5.74) is 0. The maximum Gasteiger partial charge on any atom is 0.315 e. The molecule has 2 aromatic heterocycles. The Balaban J connectivity index is 1.68. The summed E-state index contributed by atoms with van der Waals surface area (Å²) < 4.78 is 26.2. The minimum Gasteiger partial charge on any atom is -0.336 e. The lowest BCUT2D eigenvalue weighted by molar-refractivity contribution is 0.232. The number of rotatable bonds is 6. The van der Waals surface area contributed by atoms with Crippen molar-refractivity contribution in [2.75, 3.05) is 6.54 Å². The third-order valence-corrected chi connectivity index (χ3v) is 9.05. The Morgan fingerprint density at radius 3 is 2.48 bits per heavy atom. The van der Waals surface area contributed by atoms with Gasteiger partial charge in [-0.1, -0.05) is 31.4 Å². The van der Waals surface area contributed by atoms with Crippen LogP contribution in [0.4, 0.5) is 4.79 Å². The predicted molar refractivity (Wildman–Crippen MR) is 102 cm³/mol. The summed E-state index contributed by atoms with van der Waals surface area (Å²) >= 11 is 2.60. The molecule has 2 amide bonds. The van der Waals surface area contributed by atoms with Crippen molar-refractivity contribution in [3.63, 3.8) is 0 Å². The first-order valence-electron chi connectivity index (χ1n) is 8.42. The van der Waals surface area contributed by atoms with E-state index in [0.717, 1.165) is 30.6 Å². The fourth-order valence-electron chi connectivity index (χ4n) is 3.07. The molecule has 1 atom stereocenters. The molecule has 2 N–H and O–H groups in total. The van der Waals surface area contributed by atoms with Gasteiger partial charge in [-0.15, -0.1) is 22.7 Å². The second-order valence-electron chi connectivity index (χ2n) is 6.17. The first-order valence-corrected chi connectivity index (χ1v) is 11.7. The van der Waals surface area contributed by atoms with Gasteiger partial charge >= 0.3 is 6.03 Å². The lowest BCUT2D eigenvalue weighted by atomic mass is 9.96. The number of nitrogens with one attached hydrogen (secondary N) is 2. The van der Waals surface area contributed by atoms with E-state index in [1.165, 1.54) is 29.1 Å². The summed E-state index contributed by atoms with van der Waals surface area (Å²) in [6.07, 6.45) is 5.48. The van der Waals surface area contributed by atoms with E-state index in [-0.39, 0.29) is 18.6 Å². The number of carbonyl (C=O) groups excluding carboxylic acids is 1. The molecule has 0 aliphatic heterocycles. The van der Waals surface area contributed by atoms with Crippen molar-refractivity contribution in [3.05, 3.63) is 39.9 Å². The molecule has 0 saturated heterocycles. The molecule has 8 heteroatoms. The third kappa shape index (κ3) is 4.62. The highest BCUT2D eigenvalue weighted by Gasteiger charge is 2.31. The summed E-state index contributed by atoms with van der Waals surface area (Å²) in [7, 11) is -3.52. The minimum absolute atomic E-state index is 0.0687. The smallest absolute Gasteiger partial charge is 0.315 e. The van der Waals surface area contributed by atoms with Crippen molar-refractivity contribution >= 4 is 38.5 Å². The number of carbonyl (C=O) groups is 1. The first kappa shape index (κ1) is 18.4. The van der Waals surface area contributed by atoms with E-state index in [0.29, 0.717) is 4.21 Å². The Morgan fingerprint density at radius 2 is 1.84 bits per heavy atom. The number of hydrogen-bond acceptors (Lipinski definition) is 5. The summed E-state index contributed by atoms with van der Waals surface area (Å²) in [6, 6.07) is 6.90. The summed E-state index contributed by atoms with van der Waals surface area (Å²) in [5, 5.41) is 8.58. The molecule has 136 valence electrons. The average Bonchev–Trinajstić information content (AvgIpc) is 3.30. The summed E-state index contributed by atoms with van der Waals surface area (Å²) in [4.78, 5) is 12.9. The molecule has 0 aromatic carbocycles. The molecule has 5 nitrogen and oxygen atoms in total. The number of urea groups is 1. The Kier molecular flexibility index (Phi) is 6.14. The summed E-state index contributed by atoms with van der Waals surface area (Å²) in [6.45, 7) is 0.0687. The molecule has 3 rings (SSSR count). The van der Waals surface area contributed by atoms with Gasteiger partial charge < -0.3 is 10.6 Å². The van der Waals surface area contributed by atoms with Crippen molar-refractivity contribution in [3.8, 4) is 0 Å². The van der Waals surface area contributed by atoms with Gasteiger partial charge in [0.2, 0.25) is 0 Å². The molecule has 0 bridgehead atoms. The highest BCUT2D eigenvalue weighted by molar-refractivity contribution is 7.93. The maximum atomic E-state index is 12.9. The standard InChI is InChI=1S/C17H22N2O3S3/c20-17(19-13-6-2-1-3-7-13)18-12-15(14-8-4-10-23-14)25(21,22)16-9-5-11-24-16/h4-5,8-11,13,15H,1-3,6-7,12H2,(H2,18,19,20)/t15-/m0/s1. The molecule has 25 heavy (non-hydrogen) atoms. The zero-order chi connectivity index (χ0) is 17.7. The van der Waals surface area contributed by atoms with Crippen LogP contribution in [0.3, 0.4) is 0 Å². The van der Waals surface area contributed by atoms with Crippen LogP contribution in [0.1, 0.15) is 42.2 Å². The average molecular weight is 399 g/mol. The van der Waals surface area contributed by atoms with Crippen LogP contribution in [0.25, 0.3) is 0 Å². The van der Waals surface area contributed by atoms with Crippen LogP contribution < -0.4 is 10.6 Å². The van der Waals surface area contributed by atoms with Gasteiger partial charge in [0.05, 0.1) is 0 Å². The van der Waals surface area contributed by atoms with Gasteiger partial charge in [-0.2, -0.15) is 0 Å². The van der Waals surface area contributed by atoms with Crippen LogP contribution in [0, 0.1) is 0 Å². The van der Waals surface area contributed by atoms with Gasteiger partial charge in [0, 0.05) is 17.5 Å². The van der Waals surface area contributed by atoms with Crippen molar-refractivity contribution in [2.24, 2.45) is 0 Å². The second kappa shape index (κ2) is 8.33. The normalized spacial score (nSPS) is 17.1. The van der Waals surface area contributed by atoms with E-state index in [2.05, 4.69) is 10.6 Å². The molecule has 1 fully saturated rings. The van der Waals surface area contributed by atoms with Gasteiger partial charge in [-0.3, -0.25) is 0 Å². The van der Waals surface area contributed by atoms with Crippen LogP contribution in [-0.2, 0) is 9.84 Å². The predicted octanol–water partition coefficient (Wildman–Crippen LogP) is 3.96. The van der Waals surface area contributed by atoms with Crippen LogP contribution in [-0.4, -0.2) is 27.0 Å². The van der Waals surface area contributed by atoms with E-state index in [1.807, 2.05) is 11.4 Å². The van der Waals surface area contributed by atoms with Crippen LogP contribution in [0.5, 0.6) is 0 Å². The van der Waals surface area contributed by atoms with E-state index in [4.69, 9.17) is 0 Å². The van der Waals surface area contributed by atoms with E-state index in [1.54, 1.807) is 23.6 Å². The van der Waals surface area contributed by atoms with Crippen LogP contribution in [0.15, 0.2) is 39.2 Å². The monoisotopic (exact) mass is 398 g/mol.